The summed E-state index contributed by atoms with van der Waals surface area (Å²) in [6.07, 6.45) is 3.80. The Hall–Kier alpha value is -3.03. The predicted molar refractivity (Wildman–Crippen MR) is 78.9 cm³/mol. The summed E-state index contributed by atoms with van der Waals surface area (Å²) in [5.74, 6) is -0.239. The Morgan fingerprint density at radius 2 is 2.13 bits per heavy atom. The van der Waals surface area contributed by atoms with Gasteiger partial charge in [-0.15, -0.1) is 0 Å². The second-order valence-corrected chi connectivity index (χ2v) is 4.85. The summed E-state index contributed by atoms with van der Waals surface area (Å²) in [5.41, 5.74) is 0.842. The SMILES string of the molecule is O=C(NCCCn1cncn1)c1cc(-c2ccc(F)cc2)on1. The third-order valence-electron chi connectivity index (χ3n) is 3.19. The van der Waals surface area contributed by atoms with Crippen LogP contribution < -0.4 is 5.32 Å². The molecule has 0 bridgehead atoms. The van der Waals surface area contributed by atoms with Crippen molar-refractivity contribution in [2.45, 2.75) is 13.0 Å². The molecule has 8 heteroatoms. The van der Waals surface area contributed by atoms with E-state index in [4.69, 9.17) is 4.52 Å². The van der Waals surface area contributed by atoms with Crippen LogP contribution in [0.4, 0.5) is 4.39 Å². The maximum atomic E-state index is 12.9. The Labute approximate surface area is 131 Å². The number of aromatic nitrogens is 4. The monoisotopic (exact) mass is 315 g/mol. The molecular formula is C15H14FN5O2. The van der Waals surface area contributed by atoms with Crippen LogP contribution in [-0.4, -0.2) is 32.4 Å². The van der Waals surface area contributed by atoms with E-state index in [1.807, 2.05) is 0 Å². The molecular weight excluding hydrogens is 301 g/mol. The lowest BCUT2D eigenvalue weighted by molar-refractivity contribution is 0.0943. The van der Waals surface area contributed by atoms with Gasteiger partial charge in [-0.2, -0.15) is 5.10 Å². The van der Waals surface area contributed by atoms with Crippen LogP contribution >= 0.6 is 0 Å². The van der Waals surface area contributed by atoms with Crippen molar-refractivity contribution in [2.24, 2.45) is 0 Å². The zero-order valence-electron chi connectivity index (χ0n) is 12.1. The maximum absolute atomic E-state index is 12.9. The first-order valence-corrected chi connectivity index (χ1v) is 7.05. The van der Waals surface area contributed by atoms with E-state index in [2.05, 4.69) is 20.6 Å². The number of carbonyl (C=O) groups excluding carboxylic acids is 1. The smallest absolute Gasteiger partial charge is 0.273 e. The normalized spacial score (nSPS) is 10.7. The zero-order valence-corrected chi connectivity index (χ0v) is 12.1. The number of carbonyl (C=O) groups is 1. The molecule has 0 radical (unpaired) electrons. The van der Waals surface area contributed by atoms with Crippen LogP contribution in [0.1, 0.15) is 16.9 Å². The third kappa shape index (κ3) is 3.79. The number of rotatable bonds is 6. The molecule has 3 rings (SSSR count). The van der Waals surface area contributed by atoms with Crippen LogP contribution in [0.5, 0.6) is 0 Å². The van der Waals surface area contributed by atoms with Crippen LogP contribution in [0.3, 0.4) is 0 Å². The van der Waals surface area contributed by atoms with E-state index in [1.54, 1.807) is 23.1 Å². The van der Waals surface area contributed by atoms with Gasteiger partial charge in [0.25, 0.3) is 5.91 Å². The average Bonchev–Trinajstić information content (AvgIpc) is 3.24. The van der Waals surface area contributed by atoms with Crippen LogP contribution in [0, 0.1) is 5.82 Å². The first-order valence-electron chi connectivity index (χ1n) is 7.05. The fourth-order valence-corrected chi connectivity index (χ4v) is 2.01. The molecule has 0 saturated carbocycles. The standard InChI is InChI=1S/C15H14FN5O2/c16-12-4-2-11(3-5-12)14-8-13(20-23-14)15(22)18-6-1-7-21-10-17-9-19-21/h2-5,8-10H,1,6-7H2,(H,18,22). The molecule has 7 nitrogen and oxygen atoms in total. The summed E-state index contributed by atoms with van der Waals surface area (Å²) in [7, 11) is 0. The van der Waals surface area contributed by atoms with E-state index in [0.29, 0.717) is 24.4 Å². The Bertz CT molecular complexity index is 768. The quantitative estimate of drug-likeness (QED) is 0.702. The van der Waals surface area contributed by atoms with Crippen LogP contribution in [0.25, 0.3) is 11.3 Å². The van der Waals surface area contributed by atoms with E-state index < -0.39 is 0 Å². The molecule has 23 heavy (non-hydrogen) atoms. The number of nitrogens with zero attached hydrogens (tertiary/aromatic N) is 4. The number of aryl methyl sites for hydroxylation is 1. The number of halogens is 1. The highest BCUT2D eigenvalue weighted by molar-refractivity contribution is 5.93. The highest BCUT2D eigenvalue weighted by atomic mass is 19.1. The molecule has 1 aromatic carbocycles. The van der Waals surface area contributed by atoms with Crippen molar-refractivity contribution in [2.75, 3.05) is 6.54 Å². The molecule has 1 N–H and O–H groups in total. The summed E-state index contributed by atoms with van der Waals surface area (Å²) in [4.78, 5) is 15.8. The Kier molecular flexibility index (Phi) is 4.41. The van der Waals surface area contributed by atoms with E-state index in [-0.39, 0.29) is 17.4 Å². The summed E-state index contributed by atoms with van der Waals surface area (Å²) < 4.78 is 19.7. The topological polar surface area (TPSA) is 85.8 Å². The van der Waals surface area contributed by atoms with Crippen molar-refractivity contribution in [3.05, 3.63) is 54.5 Å². The highest BCUT2D eigenvalue weighted by Crippen LogP contribution is 2.20. The molecule has 118 valence electrons. The first kappa shape index (κ1) is 14.9. The molecule has 0 unspecified atom stereocenters. The van der Waals surface area contributed by atoms with Gasteiger partial charge in [-0.1, -0.05) is 5.16 Å². The van der Waals surface area contributed by atoms with Crippen molar-refractivity contribution >= 4 is 5.91 Å². The Morgan fingerprint density at radius 3 is 2.87 bits per heavy atom. The number of hydrogen-bond donors (Lipinski definition) is 1. The molecule has 2 heterocycles. The number of hydrogen-bond acceptors (Lipinski definition) is 5. The summed E-state index contributed by atoms with van der Waals surface area (Å²) in [5, 5.41) is 10.5. The molecule has 0 fully saturated rings. The van der Waals surface area contributed by atoms with E-state index >= 15 is 0 Å². The molecule has 0 spiro atoms. The second-order valence-electron chi connectivity index (χ2n) is 4.85. The van der Waals surface area contributed by atoms with Gasteiger partial charge < -0.3 is 9.84 Å². The third-order valence-corrected chi connectivity index (χ3v) is 3.19. The summed E-state index contributed by atoms with van der Waals surface area (Å²) >= 11 is 0. The van der Waals surface area contributed by atoms with Gasteiger partial charge in [0.15, 0.2) is 11.5 Å². The minimum absolute atomic E-state index is 0.185. The van der Waals surface area contributed by atoms with E-state index in [9.17, 15) is 9.18 Å². The second kappa shape index (κ2) is 6.82. The van der Waals surface area contributed by atoms with Crippen molar-refractivity contribution in [1.82, 2.24) is 25.2 Å². The van der Waals surface area contributed by atoms with Gasteiger partial charge >= 0.3 is 0 Å². The lowest BCUT2D eigenvalue weighted by Gasteiger charge is -2.02. The van der Waals surface area contributed by atoms with Gasteiger partial charge in [0.05, 0.1) is 0 Å². The van der Waals surface area contributed by atoms with Crippen LogP contribution in [0.2, 0.25) is 0 Å². The Morgan fingerprint density at radius 1 is 1.30 bits per heavy atom. The minimum atomic E-state index is -0.335. The van der Waals surface area contributed by atoms with E-state index in [1.165, 1.54) is 24.5 Å². The maximum Gasteiger partial charge on any atom is 0.273 e. The molecule has 1 amide bonds. The van der Waals surface area contributed by atoms with Gasteiger partial charge in [-0.25, -0.2) is 9.37 Å². The van der Waals surface area contributed by atoms with E-state index in [0.717, 1.165) is 6.42 Å². The van der Waals surface area contributed by atoms with Crippen molar-refractivity contribution in [1.29, 1.82) is 0 Å². The summed E-state index contributed by atoms with van der Waals surface area (Å²) in [6.45, 7) is 1.15. The minimum Gasteiger partial charge on any atom is -0.355 e. The van der Waals surface area contributed by atoms with Gasteiger partial charge in [-0.05, 0) is 30.7 Å². The molecule has 0 atom stereocenters. The molecule has 2 aromatic heterocycles. The van der Waals surface area contributed by atoms with Crippen molar-refractivity contribution in [3.63, 3.8) is 0 Å². The molecule has 3 aromatic rings. The molecule has 0 saturated heterocycles. The lowest BCUT2D eigenvalue weighted by atomic mass is 10.1. The van der Waals surface area contributed by atoms with Crippen molar-refractivity contribution in [3.8, 4) is 11.3 Å². The fourth-order valence-electron chi connectivity index (χ4n) is 2.01. The Balaban J connectivity index is 1.52. The molecule has 0 aliphatic rings. The van der Waals surface area contributed by atoms with Crippen LogP contribution in [0.15, 0.2) is 47.5 Å². The van der Waals surface area contributed by atoms with Crippen molar-refractivity contribution < 1.29 is 13.7 Å². The first-order chi connectivity index (χ1) is 11.2. The lowest BCUT2D eigenvalue weighted by Crippen LogP contribution is -2.25. The van der Waals surface area contributed by atoms with Gasteiger partial charge in [0.1, 0.15) is 18.5 Å². The van der Waals surface area contributed by atoms with Gasteiger partial charge in [-0.3, -0.25) is 9.48 Å². The number of benzene rings is 1. The number of amides is 1. The summed E-state index contributed by atoms with van der Waals surface area (Å²) in [6, 6.07) is 7.30. The van der Waals surface area contributed by atoms with Gasteiger partial charge in [0, 0.05) is 24.7 Å². The molecule has 0 aliphatic carbocycles. The predicted octanol–water partition coefficient (Wildman–Crippen LogP) is 1.89. The fraction of sp³-hybridized carbons (Fsp3) is 0.200. The van der Waals surface area contributed by atoms with Crippen LogP contribution in [-0.2, 0) is 6.54 Å². The molecule has 0 aliphatic heterocycles. The zero-order chi connectivity index (χ0) is 16.1. The average molecular weight is 315 g/mol. The highest BCUT2D eigenvalue weighted by Gasteiger charge is 2.13. The largest absolute Gasteiger partial charge is 0.355 e. The van der Waals surface area contributed by atoms with Gasteiger partial charge in [0.2, 0.25) is 0 Å². The number of nitrogens with one attached hydrogen (secondary N) is 1.